The Hall–Kier alpha value is -0.910. The van der Waals surface area contributed by atoms with E-state index in [1.54, 1.807) is 4.90 Å². The zero-order valence-corrected chi connectivity index (χ0v) is 16.6. The van der Waals surface area contributed by atoms with E-state index in [2.05, 4.69) is 19.6 Å². The van der Waals surface area contributed by atoms with Gasteiger partial charge in [-0.1, -0.05) is 0 Å². The molecule has 146 valence electrons. The van der Waals surface area contributed by atoms with E-state index < -0.39 is 0 Å². The Labute approximate surface area is 161 Å². The summed E-state index contributed by atoms with van der Waals surface area (Å²) in [5, 5.41) is 0. The lowest BCUT2D eigenvalue weighted by Gasteiger charge is -2.59. The molecule has 4 bridgehead atoms. The van der Waals surface area contributed by atoms with E-state index in [1.165, 1.54) is 32.1 Å². The molecule has 0 aromatic heterocycles. The quantitative estimate of drug-likeness (QED) is 0.596. The molecule has 0 N–H and O–H groups in total. The Morgan fingerprint density at radius 3 is 2.15 bits per heavy atom. The number of amides is 1. The molecular weight excluding hydrogens is 350 g/mol. The third kappa shape index (κ3) is 3.46. The maximum Gasteiger partial charge on any atom is 0.410 e. The van der Waals surface area contributed by atoms with E-state index in [9.17, 15) is 9.59 Å². The van der Waals surface area contributed by atoms with Crippen LogP contribution >= 0.6 is 12.6 Å². The molecule has 4 aliphatic carbocycles. The van der Waals surface area contributed by atoms with Crippen molar-refractivity contribution in [1.29, 1.82) is 0 Å². The van der Waals surface area contributed by atoms with Gasteiger partial charge in [0.1, 0.15) is 11.7 Å². The highest BCUT2D eigenvalue weighted by molar-refractivity contribution is 7.80. The summed E-state index contributed by atoms with van der Waals surface area (Å²) in [4.78, 5) is 26.2. The number of likely N-dealkylation sites (tertiary alicyclic amines) is 1. The zero-order valence-electron chi connectivity index (χ0n) is 15.7. The largest absolute Gasteiger partial charge is 0.462 e. The topological polar surface area (TPSA) is 55.8 Å². The summed E-state index contributed by atoms with van der Waals surface area (Å²) in [5.41, 5.74) is -0.277. The second-order valence-corrected chi connectivity index (χ2v) is 9.45. The first-order valence-electron chi connectivity index (χ1n) is 10.3. The van der Waals surface area contributed by atoms with E-state index in [0.717, 1.165) is 11.8 Å². The van der Waals surface area contributed by atoms with Crippen molar-refractivity contribution in [1.82, 2.24) is 4.90 Å². The lowest BCUT2D eigenvalue weighted by molar-refractivity contribution is -0.168. The minimum absolute atomic E-state index is 0.0804. The fourth-order valence-electron chi connectivity index (χ4n) is 6.03. The molecule has 4 saturated carbocycles. The third-order valence-electron chi connectivity index (χ3n) is 7.38. The Morgan fingerprint density at radius 2 is 1.62 bits per heavy atom. The molecule has 1 saturated heterocycles. The van der Waals surface area contributed by atoms with Crippen LogP contribution in [0.2, 0.25) is 0 Å². The third-order valence-corrected chi connectivity index (χ3v) is 7.60. The number of hydrogen-bond acceptors (Lipinski definition) is 5. The summed E-state index contributed by atoms with van der Waals surface area (Å²) in [6.45, 7) is 3.40. The molecule has 0 radical (unpaired) electrons. The highest BCUT2D eigenvalue weighted by Crippen LogP contribution is 2.59. The van der Waals surface area contributed by atoms with Gasteiger partial charge < -0.3 is 14.4 Å². The normalized spacial score (nSPS) is 39.1. The van der Waals surface area contributed by atoms with Crippen LogP contribution < -0.4 is 0 Å². The maximum atomic E-state index is 12.8. The van der Waals surface area contributed by atoms with Gasteiger partial charge >= 0.3 is 12.1 Å². The van der Waals surface area contributed by atoms with Crippen LogP contribution in [0, 0.1) is 23.7 Å². The summed E-state index contributed by atoms with van der Waals surface area (Å²) < 4.78 is 11.6. The van der Waals surface area contributed by atoms with Crippen molar-refractivity contribution in [3.8, 4) is 0 Å². The van der Waals surface area contributed by atoms with Gasteiger partial charge in [-0.3, -0.25) is 4.79 Å². The molecule has 5 fully saturated rings. The highest BCUT2D eigenvalue weighted by atomic mass is 32.1. The van der Waals surface area contributed by atoms with Gasteiger partial charge in [0, 0.05) is 31.7 Å². The summed E-state index contributed by atoms with van der Waals surface area (Å²) >= 11 is 4.05. The van der Waals surface area contributed by atoms with Gasteiger partial charge in [-0.25, -0.2) is 4.79 Å². The van der Waals surface area contributed by atoms with Crippen LogP contribution in [-0.2, 0) is 14.3 Å². The molecule has 6 heteroatoms. The number of piperidine rings is 1. The minimum atomic E-state index is -0.277. The summed E-state index contributed by atoms with van der Waals surface area (Å²) in [6.07, 6.45) is 7.83. The van der Waals surface area contributed by atoms with Crippen LogP contribution in [0.1, 0.15) is 58.3 Å². The number of nitrogens with zero attached hydrogens (tertiary/aromatic N) is 1. The number of thiol groups is 1. The first-order chi connectivity index (χ1) is 12.5. The van der Waals surface area contributed by atoms with E-state index >= 15 is 0 Å². The summed E-state index contributed by atoms with van der Waals surface area (Å²) in [5.74, 6) is 3.14. The maximum absolute atomic E-state index is 12.8. The lowest BCUT2D eigenvalue weighted by atomic mass is 9.50. The van der Waals surface area contributed by atoms with Crippen LogP contribution in [0.15, 0.2) is 0 Å². The van der Waals surface area contributed by atoms with Gasteiger partial charge in [-0.15, -0.1) is 0 Å². The van der Waals surface area contributed by atoms with Crippen molar-refractivity contribution in [2.24, 2.45) is 23.7 Å². The molecule has 0 unspecified atom stereocenters. The van der Waals surface area contributed by atoms with Gasteiger partial charge in [0.25, 0.3) is 0 Å². The van der Waals surface area contributed by atoms with Crippen molar-refractivity contribution in [2.45, 2.75) is 70.0 Å². The van der Waals surface area contributed by atoms with Crippen LogP contribution in [0.5, 0.6) is 0 Å². The molecule has 0 spiro atoms. The molecule has 26 heavy (non-hydrogen) atoms. The Morgan fingerprint density at radius 1 is 1.04 bits per heavy atom. The van der Waals surface area contributed by atoms with E-state index in [0.29, 0.717) is 49.9 Å². The first-order valence-corrected chi connectivity index (χ1v) is 10.9. The number of hydrogen-bond donors (Lipinski definition) is 1. The lowest BCUT2D eigenvalue weighted by Crippen LogP contribution is -2.59. The van der Waals surface area contributed by atoms with Gasteiger partial charge in [-0.2, -0.15) is 12.6 Å². The number of ether oxygens (including phenoxy) is 2. The molecule has 5 rings (SSSR count). The molecule has 1 amide bonds. The predicted molar refractivity (Wildman–Crippen MR) is 101 cm³/mol. The zero-order chi connectivity index (χ0) is 18.3. The SMILES string of the molecule is CC1(OC(=O)N2CCC(OC(=O)CCS)CC2)C2CC3CC(C2)CC1C3. The van der Waals surface area contributed by atoms with Gasteiger partial charge in [0.2, 0.25) is 0 Å². The fraction of sp³-hybridized carbons (Fsp3) is 0.900. The standard InChI is InChI=1S/C20H31NO4S/c1-20(15-9-13-8-14(11-15)12-16(20)10-13)25-19(23)21-5-2-17(3-6-21)24-18(22)4-7-26/h13-17,26H,2-12H2,1H3. The molecule has 1 aliphatic heterocycles. The summed E-state index contributed by atoms with van der Waals surface area (Å²) in [6, 6.07) is 0. The molecular formula is C20H31NO4S. The average molecular weight is 382 g/mol. The van der Waals surface area contributed by atoms with Crippen molar-refractivity contribution in [3.63, 3.8) is 0 Å². The molecule has 0 aromatic rings. The first kappa shape index (κ1) is 18.5. The number of rotatable bonds is 4. The second kappa shape index (κ2) is 7.25. The van der Waals surface area contributed by atoms with Gasteiger partial charge in [0.05, 0.1) is 6.42 Å². The average Bonchev–Trinajstić information content (AvgIpc) is 2.60. The monoisotopic (exact) mass is 381 g/mol. The molecule has 5 aliphatic rings. The van der Waals surface area contributed by atoms with Crippen molar-refractivity contribution >= 4 is 24.7 Å². The number of esters is 1. The Balaban J connectivity index is 1.30. The van der Waals surface area contributed by atoms with Crippen molar-refractivity contribution < 1.29 is 19.1 Å². The van der Waals surface area contributed by atoms with E-state index in [-0.39, 0.29) is 23.8 Å². The fourth-order valence-corrected chi connectivity index (χ4v) is 6.21. The van der Waals surface area contributed by atoms with E-state index in [4.69, 9.17) is 9.47 Å². The smallest absolute Gasteiger partial charge is 0.410 e. The highest BCUT2D eigenvalue weighted by Gasteiger charge is 2.57. The number of carbonyl (C=O) groups excluding carboxylic acids is 2. The van der Waals surface area contributed by atoms with Crippen LogP contribution in [-0.4, -0.2) is 47.5 Å². The molecule has 5 nitrogen and oxygen atoms in total. The van der Waals surface area contributed by atoms with Crippen molar-refractivity contribution in [3.05, 3.63) is 0 Å². The predicted octanol–water partition coefficient (Wildman–Crippen LogP) is 3.67. The molecule has 0 aromatic carbocycles. The summed E-state index contributed by atoms with van der Waals surface area (Å²) in [7, 11) is 0. The van der Waals surface area contributed by atoms with Crippen LogP contribution in [0.25, 0.3) is 0 Å². The number of carbonyl (C=O) groups is 2. The van der Waals surface area contributed by atoms with Gasteiger partial charge in [-0.05, 0) is 62.7 Å². The second-order valence-electron chi connectivity index (χ2n) is 9.01. The van der Waals surface area contributed by atoms with E-state index in [1.807, 2.05) is 0 Å². The van der Waals surface area contributed by atoms with Crippen LogP contribution in [0.3, 0.4) is 0 Å². The molecule has 1 heterocycles. The molecule has 0 atom stereocenters. The Bertz CT molecular complexity index is 530. The Kier molecular flexibility index (Phi) is 5.15. The van der Waals surface area contributed by atoms with Crippen LogP contribution in [0.4, 0.5) is 4.79 Å². The minimum Gasteiger partial charge on any atom is -0.462 e. The van der Waals surface area contributed by atoms with Gasteiger partial charge in [0.15, 0.2) is 0 Å². The van der Waals surface area contributed by atoms with Crippen molar-refractivity contribution in [2.75, 3.05) is 18.8 Å².